The number of nitrogens with one attached hydrogen (secondary N) is 3. The lowest BCUT2D eigenvalue weighted by Crippen LogP contribution is -2.52. The predicted octanol–water partition coefficient (Wildman–Crippen LogP) is 2.71. The maximum absolute atomic E-state index is 12.6. The summed E-state index contributed by atoms with van der Waals surface area (Å²) in [5, 5.41) is 13.9. The minimum atomic E-state index is -1.22. The Labute approximate surface area is 234 Å². The Morgan fingerprint density at radius 1 is 1.07 bits per heavy atom. The number of hydrogen-bond donors (Lipinski definition) is 4. The molecule has 0 spiro atoms. The van der Waals surface area contributed by atoms with Crippen LogP contribution in [0.4, 0.5) is 4.79 Å². The first-order valence-corrected chi connectivity index (χ1v) is 13.0. The summed E-state index contributed by atoms with van der Waals surface area (Å²) >= 11 is 0. The van der Waals surface area contributed by atoms with Crippen molar-refractivity contribution in [2.75, 3.05) is 32.8 Å². The fourth-order valence-electron chi connectivity index (χ4n) is 3.75. The van der Waals surface area contributed by atoms with E-state index in [9.17, 15) is 14.4 Å². The lowest BCUT2D eigenvalue weighted by Gasteiger charge is -2.26. The van der Waals surface area contributed by atoms with Crippen LogP contribution in [0.3, 0.4) is 0 Å². The first-order chi connectivity index (χ1) is 19.1. The summed E-state index contributed by atoms with van der Waals surface area (Å²) in [6, 6.07) is 13.7. The van der Waals surface area contributed by atoms with Gasteiger partial charge in [-0.25, -0.2) is 10.3 Å². The number of ether oxygens (including phenoxy) is 2. The van der Waals surface area contributed by atoms with E-state index in [1.54, 1.807) is 51.1 Å². The number of nitrogens with zero attached hydrogens (tertiary/aromatic N) is 1. The number of allylic oxidation sites excluding steroid dienone is 1. The van der Waals surface area contributed by atoms with Gasteiger partial charge in [0.1, 0.15) is 11.6 Å². The Bertz CT molecular complexity index is 1230. The first kappa shape index (κ1) is 30.4. The van der Waals surface area contributed by atoms with Gasteiger partial charge < -0.3 is 20.1 Å². The zero-order chi connectivity index (χ0) is 29.0. The second-order valence-corrected chi connectivity index (χ2v) is 10.2. The van der Waals surface area contributed by atoms with Gasteiger partial charge in [0.15, 0.2) is 0 Å². The van der Waals surface area contributed by atoms with E-state index >= 15 is 0 Å². The van der Waals surface area contributed by atoms with Gasteiger partial charge in [-0.2, -0.15) is 0 Å². The molecule has 0 bridgehead atoms. The van der Waals surface area contributed by atoms with Crippen molar-refractivity contribution in [1.82, 2.24) is 21.0 Å². The van der Waals surface area contributed by atoms with Gasteiger partial charge in [-0.3, -0.25) is 19.7 Å². The molecule has 1 aliphatic heterocycles. The summed E-state index contributed by atoms with van der Waals surface area (Å²) in [7, 11) is 0. The number of hydroxylamine groups is 1. The second kappa shape index (κ2) is 14.8. The third kappa shape index (κ3) is 10.5. The minimum absolute atomic E-state index is 0.278. The molecule has 1 heterocycles. The van der Waals surface area contributed by atoms with Crippen molar-refractivity contribution in [3.8, 4) is 11.8 Å². The highest BCUT2D eigenvalue weighted by molar-refractivity contribution is 5.97. The number of rotatable bonds is 8. The average molecular weight is 549 g/mol. The van der Waals surface area contributed by atoms with E-state index in [1.165, 1.54) is 11.0 Å². The lowest BCUT2D eigenvalue weighted by molar-refractivity contribution is -0.131. The summed E-state index contributed by atoms with van der Waals surface area (Å²) < 4.78 is 10.5. The number of carbonyl (C=O) groups is 3. The predicted molar refractivity (Wildman–Crippen MR) is 150 cm³/mol. The van der Waals surface area contributed by atoms with Gasteiger partial charge in [0.25, 0.3) is 11.8 Å². The highest BCUT2D eigenvalue weighted by atomic mass is 16.6. The number of alkyl carbamates (subject to hydrolysis) is 1. The zero-order valence-electron chi connectivity index (χ0n) is 23.0. The third-order valence-corrected chi connectivity index (χ3v) is 5.79. The Balaban J connectivity index is 1.51. The molecule has 3 amide bonds. The van der Waals surface area contributed by atoms with Gasteiger partial charge >= 0.3 is 6.09 Å². The van der Waals surface area contributed by atoms with Crippen molar-refractivity contribution in [1.29, 1.82) is 0 Å². The van der Waals surface area contributed by atoms with Crippen LogP contribution in [0.2, 0.25) is 0 Å². The maximum atomic E-state index is 12.6. The lowest BCUT2D eigenvalue weighted by atomic mass is 10.1. The molecule has 3 rings (SSSR count). The van der Waals surface area contributed by atoms with Gasteiger partial charge in [0.2, 0.25) is 0 Å². The number of benzene rings is 2. The van der Waals surface area contributed by atoms with E-state index in [2.05, 4.69) is 51.6 Å². The van der Waals surface area contributed by atoms with Crippen molar-refractivity contribution in [2.24, 2.45) is 0 Å². The summed E-state index contributed by atoms with van der Waals surface area (Å²) in [5.41, 5.74) is 4.06. The van der Waals surface area contributed by atoms with Crippen LogP contribution in [0.15, 0.2) is 54.6 Å². The van der Waals surface area contributed by atoms with Crippen LogP contribution < -0.4 is 16.1 Å². The molecule has 10 nitrogen and oxygen atoms in total. The Kier molecular flexibility index (Phi) is 11.3. The summed E-state index contributed by atoms with van der Waals surface area (Å²) in [4.78, 5) is 38.9. The number of hydrogen-bond acceptors (Lipinski definition) is 7. The topological polar surface area (TPSA) is 129 Å². The van der Waals surface area contributed by atoms with Gasteiger partial charge in [-0.1, -0.05) is 36.1 Å². The Morgan fingerprint density at radius 2 is 1.75 bits per heavy atom. The van der Waals surface area contributed by atoms with Crippen LogP contribution >= 0.6 is 0 Å². The van der Waals surface area contributed by atoms with Gasteiger partial charge in [0, 0.05) is 30.8 Å². The molecule has 1 fully saturated rings. The van der Waals surface area contributed by atoms with Crippen LogP contribution in [-0.4, -0.2) is 72.5 Å². The van der Waals surface area contributed by atoms with Crippen molar-refractivity contribution in [3.63, 3.8) is 0 Å². The second-order valence-electron chi connectivity index (χ2n) is 10.2. The molecule has 1 saturated heterocycles. The molecule has 0 unspecified atom stereocenters. The van der Waals surface area contributed by atoms with E-state index in [-0.39, 0.29) is 12.1 Å². The molecule has 10 heteroatoms. The third-order valence-electron chi connectivity index (χ3n) is 5.79. The fourth-order valence-corrected chi connectivity index (χ4v) is 3.75. The molecular formula is C30H36N4O6. The highest BCUT2D eigenvalue weighted by Crippen LogP contribution is 2.11. The smallest absolute Gasteiger partial charge is 0.407 e. The van der Waals surface area contributed by atoms with E-state index in [0.29, 0.717) is 5.56 Å². The maximum Gasteiger partial charge on any atom is 0.407 e. The average Bonchev–Trinajstić information content (AvgIpc) is 2.93. The number of morpholine rings is 1. The molecule has 1 atom stereocenters. The van der Waals surface area contributed by atoms with Crippen LogP contribution in [-0.2, 0) is 20.8 Å². The van der Waals surface area contributed by atoms with Gasteiger partial charge in [-0.05, 0) is 68.3 Å². The molecule has 0 radical (unpaired) electrons. The fraction of sp³-hybridized carbons (Fsp3) is 0.367. The van der Waals surface area contributed by atoms with Crippen molar-refractivity contribution < 1.29 is 29.1 Å². The van der Waals surface area contributed by atoms with E-state index in [0.717, 1.165) is 38.4 Å². The largest absolute Gasteiger partial charge is 0.444 e. The van der Waals surface area contributed by atoms with Crippen LogP contribution in [0.5, 0.6) is 0 Å². The van der Waals surface area contributed by atoms with E-state index in [4.69, 9.17) is 14.7 Å². The molecule has 2 aromatic rings. The molecule has 0 aliphatic carbocycles. The highest BCUT2D eigenvalue weighted by Gasteiger charge is 2.23. The van der Waals surface area contributed by atoms with Crippen molar-refractivity contribution >= 4 is 24.0 Å². The number of amides is 3. The minimum Gasteiger partial charge on any atom is -0.444 e. The quantitative estimate of drug-likeness (QED) is 0.227. The zero-order valence-corrected chi connectivity index (χ0v) is 23.0. The molecule has 40 heavy (non-hydrogen) atoms. The van der Waals surface area contributed by atoms with E-state index in [1.807, 2.05) is 6.08 Å². The summed E-state index contributed by atoms with van der Waals surface area (Å²) in [5.74, 6) is 4.57. The summed E-state index contributed by atoms with van der Waals surface area (Å²) in [6.45, 7) is 9.21. The van der Waals surface area contributed by atoms with Crippen LogP contribution in [0.1, 0.15) is 47.8 Å². The first-order valence-electron chi connectivity index (χ1n) is 13.0. The Hall–Kier alpha value is -4.17. The SMILES string of the molecule is CC(C)(C)OC(=O)NC[C@H](NC(=O)c1ccc(C#C/C=C/c2ccc(CN3CCOCC3)cc2)cc1)C(=O)NO. The Morgan fingerprint density at radius 3 is 2.38 bits per heavy atom. The monoisotopic (exact) mass is 548 g/mol. The normalized spacial score (nSPS) is 14.5. The molecule has 0 aromatic heterocycles. The molecule has 212 valence electrons. The summed E-state index contributed by atoms with van der Waals surface area (Å²) in [6.07, 6.45) is 2.95. The standard InChI is InChI=1S/C30H36N4O6/c1-30(2,3)40-29(37)31-20-26(28(36)33-38)32-27(35)25-14-12-23(13-15-25)7-5-4-6-22-8-10-24(11-9-22)21-34-16-18-39-19-17-34/h4,6,8-15,26,38H,16-21H2,1-3H3,(H,31,37)(H,32,35)(H,33,36)/b6-4+/t26-/m0/s1. The molecule has 2 aromatic carbocycles. The van der Waals surface area contributed by atoms with Crippen LogP contribution in [0, 0.1) is 11.8 Å². The number of carbonyl (C=O) groups excluding carboxylic acids is 3. The van der Waals surface area contributed by atoms with Crippen molar-refractivity contribution in [3.05, 3.63) is 76.9 Å². The van der Waals surface area contributed by atoms with Crippen LogP contribution in [0.25, 0.3) is 6.08 Å². The molecule has 1 aliphatic rings. The van der Waals surface area contributed by atoms with Gasteiger partial charge in [-0.15, -0.1) is 0 Å². The van der Waals surface area contributed by atoms with E-state index < -0.39 is 29.6 Å². The van der Waals surface area contributed by atoms with Gasteiger partial charge in [0.05, 0.1) is 19.8 Å². The molecule has 4 N–H and O–H groups in total. The molecule has 0 saturated carbocycles. The van der Waals surface area contributed by atoms with Crippen molar-refractivity contribution in [2.45, 2.75) is 39.0 Å². The molecular weight excluding hydrogens is 512 g/mol.